The van der Waals surface area contributed by atoms with Gasteiger partial charge in [0.15, 0.2) is 0 Å². The van der Waals surface area contributed by atoms with Gasteiger partial charge in [-0.1, -0.05) is 40.9 Å². The quantitative estimate of drug-likeness (QED) is 0.233. The van der Waals surface area contributed by atoms with Crippen LogP contribution < -0.4 is 37.2 Å². The van der Waals surface area contributed by atoms with E-state index < -0.39 is 0 Å². The molecule has 0 aromatic heterocycles. The number of likely N-dealkylation sites (tertiary alicyclic amines) is 2. The van der Waals surface area contributed by atoms with Crippen molar-refractivity contribution in [2.75, 3.05) is 81.6 Å². The average molecular weight is 545 g/mol. The van der Waals surface area contributed by atoms with Crippen LogP contribution in [0.5, 0.6) is 0 Å². The molecular weight excluding hydrogens is 485 g/mol. The van der Waals surface area contributed by atoms with E-state index in [9.17, 15) is 0 Å². The maximum Gasteiger partial charge on any atom is 0.0969 e. The first-order valence-electron chi connectivity index (χ1n) is 12.9. The Labute approximate surface area is 234 Å². The van der Waals surface area contributed by atoms with Crippen LogP contribution >= 0.6 is 0 Å². The fourth-order valence-electron chi connectivity index (χ4n) is 5.97. The number of quaternary nitrogens is 3. The number of hydrogen-bond acceptors (Lipinski definition) is 0. The van der Waals surface area contributed by atoms with Gasteiger partial charge in [0.05, 0.1) is 81.6 Å². The van der Waals surface area contributed by atoms with Gasteiger partial charge in [0, 0.05) is 23.7 Å². The van der Waals surface area contributed by atoms with Gasteiger partial charge in [-0.25, -0.2) is 0 Å². The maximum atomic E-state index is 3.68. The zero-order valence-electron chi connectivity index (χ0n) is 24.4. The summed E-state index contributed by atoms with van der Waals surface area (Å²) >= 11 is 0. The lowest BCUT2D eigenvalue weighted by Gasteiger charge is -2.40. The molecule has 0 radical (unpaired) electrons. The van der Waals surface area contributed by atoms with E-state index in [1.807, 2.05) is 12.2 Å². The Morgan fingerprint density at radius 3 is 1.38 bits per heavy atom. The smallest absolute Gasteiger partial charge is 0.0969 e. The zero-order chi connectivity index (χ0) is 24.3. The first-order valence-corrected chi connectivity index (χ1v) is 12.9. The van der Waals surface area contributed by atoms with E-state index in [-0.39, 0.29) is 37.2 Å². The van der Waals surface area contributed by atoms with E-state index in [0.717, 1.165) is 41.2 Å². The normalized spacial score (nSPS) is 26.5. The SMILES string of the molecule is C=CC[N+](C)(C)CC=C.CCC1CC(C)C[N+](C)(C)C1.CCC1C[N+](C)(C)CC1CC.[Cl-].[Cl-].[Cl-]. The molecule has 0 amide bonds. The van der Waals surface area contributed by atoms with Crippen LogP contribution in [0.15, 0.2) is 25.3 Å². The minimum atomic E-state index is 0. The minimum absolute atomic E-state index is 0. The second-order valence-electron chi connectivity index (χ2n) is 12.4. The summed E-state index contributed by atoms with van der Waals surface area (Å²) in [4.78, 5) is 0. The Hall–Kier alpha value is 0.230. The Bertz CT molecular complexity index is 495. The number of piperidine rings is 1. The van der Waals surface area contributed by atoms with Gasteiger partial charge < -0.3 is 50.7 Å². The third-order valence-electron chi connectivity index (χ3n) is 7.29. The molecule has 2 heterocycles. The maximum absolute atomic E-state index is 3.68. The van der Waals surface area contributed by atoms with E-state index >= 15 is 0 Å². The molecule has 4 atom stereocenters. The molecule has 6 heteroatoms. The monoisotopic (exact) mass is 543 g/mol. The molecule has 0 saturated carbocycles. The fraction of sp³-hybridized carbons (Fsp3) is 0.857. The predicted octanol–water partition coefficient (Wildman–Crippen LogP) is -3.30. The van der Waals surface area contributed by atoms with E-state index in [1.54, 1.807) is 0 Å². The third kappa shape index (κ3) is 17.6. The minimum Gasteiger partial charge on any atom is -1.00 e. The topological polar surface area (TPSA) is 0 Å². The van der Waals surface area contributed by atoms with Crippen molar-refractivity contribution in [2.24, 2.45) is 23.7 Å². The molecule has 34 heavy (non-hydrogen) atoms. The van der Waals surface area contributed by atoms with E-state index in [2.05, 4.69) is 83.1 Å². The molecule has 2 aliphatic rings. The number of hydrogen-bond donors (Lipinski definition) is 0. The van der Waals surface area contributed by atoms with Crippen molar-refractivity contribution in [3.8, 4) is 0 Å². The van der Waals surface area contributed by atoms with Gasteiger partial charge in [-0.15, -0.1) is 0 Å². The van der Waals surface area contributed by atoms with Crippen molar-refractivity contribution >= 4 is 0 Å². The lowest BCUT2D eigenvalue weighted by Crippen LogP contribution is -3.00. The second kappa shape index (κ2) is 19.4. The summed E-state index contributed by atoms with van der Waals surface area (Å²) in [5.74, 6) is 3.91. The van der Waals surface area contributed by atoms with Crippen LogP contribution in [0.3, 0.4) is 0 Å². The summed E-state index contributed by atoms with van der Waals surface area (Å²) in [5.41, 5.74) is 0. The van der Waals surface area contributed by atoms with Gasteiger partial charge >= 0.3 is 0 Å². The lowest BCUT2D eigenvalue weighted by molar-refractivity contribution is -0.902. The van der Waals surface area contributed by atoms with E-state index in [4.69, 9.17) is 0 Å². The summed E-state index contributed by atoms with van der Waals surface area (Å²) in [6.45, 7) is 24.3. The Kier molecular flexibility index (Phi) is 23.5. The molecule has 2 aliphatic heterocycles. The molecule has 2 rings (SSSR count). The highest BCUT2D eigenvalue weighted by Crippen LogP contribution is 2.31. The van der Waals surface area contributed by atoms with Crippen molar-refractivity contribution in [3.63, 3.8) is 0 Å². The molecule has 2 fully saturated rings. The molecule has 2 saturated heterocycles. The second-order valence-corrected chi connectivity index (χ2v) is 12.4. The van der Waals surface area contributed by atoms with Gasteiger partial charge in [-0.3, -0.25) is 0 Å². The van der Waals surface area contributed by atoms with Crippen LogP contribution in [0.4, 0.5) is 0 Å². The van der Waals surface area contributed by atoms with Crippen molar-refractivity contribution < 1.29 is 50.7 Å². The summed E-state index contributed by atoms with van der Waals surface area (Å²) in [6.07, 6.45) is 9.44. The number of likely N-dealkylation sites (N-methyl/N-ethyl adjacent to an activating group) is 1. The predicted molar refractivity (Wildman–Crippen MR) is 141 cm³/mol. The summed E-state index contributed by atoms with van der Waals surface area (Å²) in [6, 6.07) is 0. The van der Waals surface area contributed by atoms with Crippen LogP contribution in [0.2, 0.25) is 0 Å². The van der Waals surface area contributed by atoms with Gasteiger partial charge in [-0.05, 0) is 37.8 Å². The first kappa shape index (κ1) is 41.4. The molecule has 0 aromatic rings. The molecule has 0 spiro atoms. The number of halogens is 3. The van der Waals surface area contributed by atoms with Gasteiger partial charge in [0.2, 0.25) is 0 Å². The average Bonchev–Trinajstić information content (AvgIpc) is 2.95. The third-order valence-corrected chi connectivity index (χ3v) is 7.29. The highest BCUT2D eigenvalue weighted by Gasteiger charge is 2.37. The lowest BCUT2D eigenvalue weighted by atomic mass is 9.88. The molecule has 0 bridgehead atoms. The van der Waals surface area contributed by atoms with Crippen LogP contribution in [-0.2, 0) is 0 Å². The molecule has 4 unspecified atom stereocenters. The number of nitrogens with zero attached hydrogens (tertiary/aromatic N) is 3. The molecular formula is C28H60Cl3N3. The Morgan fingerprint density at radius 1 is 0.706 bits per heavy atom. The Balaban J connectivity index is -0.000000191. The van der Waals surface area contributed by atoms with Crippen molar-refractivity contribution in [1.29, 1.82) is 0 Å². The number of rotatable bonds is 7. The van der Waals surface area contributed by atoms with E-state index in [0.29, 0.717) is 0 Å². The van der Waals surface area contributed by atoms with Crippen LogP contribution in [0.1, 0.15) is 53.4 Å². The zero-order valence-corrected chi connectivity index (χ0v) is 26.7. The standard InChI is InChI=1S/2C10H22N.C8H16N.3ClH/c1-5-10-6-9(2)7-11(3,4)8-10;1-5-9-7-11(3,4)8-10(9)6-2;1-5-7-9(3,4)8-6-2;;;/h2*9-10H,5-8H2,1-4H3;5-6H,1-2,7-8H2,3-4H3;3*1H/q3*+1;;;/p-3. The highest BCUT2D eigenvalue weighted by atomic mass is 35.5. The summed E-state index contributed by atoms with van der Waals surface area (Å²) in [5, 5.41) is 0. The molecule has 0 N–H and O–H groups in total. The largest absolute Gasteiger partial charge is 1.00 e. The molecule has 0 aromatic carbocycles. The van der Waals surface area contributed by atoms with Gasteiger partial charge in [0.25, 0.3) is 0 Å². The summed E-state index contributed by atoms with van der Waals surface area (Å²) in [7, 11) is 13.8. The first-order chi connectivity index (χ1) is 14.2. The fourth-order valence-corrected chi connectivity index (χ4v) is 5.97. The van der Waals surface area contributed by atoms with Crippen LogP contribution in [0, 0.1) is 23.7 Å². The molecule has 208 valence electrons. The van der Waals surface area contributed by atoms with Gasteiger partial charge in [0.1, 0.15) is 0 Å². The van der Waals surface area contributed by atoms with Crippen molar-refractivity contribution in [1.82, 2.24) is 0 Å². The summed E-state index contributed by atoms with van der Waals surface area (Å²) < 4.78 is 3.43. The van der Waals surface area contributed by atoms with Crippen LogP contribution in [-0.4, -0.2) is 95.0 Å². The van der Waals surface area contributed by atoms with E-state index in [1.165, 1.54) is 60.8 Å². The molecule has 3 nitrogen and oxygen atoms in total. The highest BCUT2D eigenvalue weighted by molar-refractivity contribution is 4.73. The van der Waals surface area contributed by atoms with Crippen molar-refractivity contribution in [3.05, 3.63) is 25.3 Å². The van der Waals surface area contributed by atoms with Crippen LogP contribution in [0.25, 0.3) is 0 Å². The molecule has 0 aliphatic carbocycles. The van der Waals surface area contributed by atoms with Gasteiger partial charge in [-0.2, -0.15) is 0 Å². The Morgan fingerprint density at radius 2 is 1.09 bits per heavy atom. The van der Waals surface area contributed by atoms with Crippen molar-refractivity contribution in [2.45, 2.75) is 53.4 Å².